The maximum atomic E-state index is 11.8. The molecule has 0 aliphatic carbocycles. The number of hydrogen-bond acceptors (Lipinski definition) is 4. The molecule has 0 saturated carbocycles. The zero-order valence-corrected chi connectivity index (χ0v) is 14.4. The van der Waals surface area contributed by atoms with Crippen LogP contribution in [0.2, 0.25) is 0 Å². The number of ether oxygens (including phenoxy) is 2. The first-order chi connectivity index (χ1) is 11.1. The minimum atomic E-state index is -0.132. The lowest BCUT2D eigenvalue weighted by molar-refractivity contribution is -0.126. The predicted molar refractivity (Wildman–Crippen MR) is 90.5 cm³/mol. The lowest BCUT2D eigenvalue weighted by atomic mass is 10.1. The predicted octanol–water partition coefficient (Wildman–Crippen LogP) is 2.06. The number of carbonyl (C=O) groups is 1. The molecule has 2 rings (SSSR count). The summed E-state index contributed by atoms with van der Waals surface area (Å²) >= 11 is 0. The first-order valence-electron chi connectivity index (χ1n) is 8.29. The second-order valence-corrected chi connectivity index (χ2v) is 6.34. The molecule has 128 valence electrons. The van der Waals surface area contributed by atoms with Gasteiger partial charge in [0.2, 0.25) is 5.91 Å². The number of nitrogens with one attached hydrogen (secondary N) is 1. The van der Waals surface area contributed by atoms with E-state index in [4.69, 9.17) is 9.47 Å². The third-order valence-corrected chi connectivity index (χ3v) is 4.22. The second kappa shape index (κ2) is 8.89. The molecule has 0 radical (unpaired) electrons. The number of carbonyl (C=O) groups excluding carboxylic acids is 1. The highest BCUT2D eigenvalue weighted by Crippen LogP contribution is 2.19. The monoisotopic (exact) mass is 320 g/mol. The average molecular weight is 320 g/mol. The van der Waals surface area contributed by atoms with Crippen LogP contribution in [0.15, 0.2) is 24.3 Å². The Bertz CT molecular complexity index is 482. The minimum absolute atomic E-state index is 0.0125. The van der Waals surface area contributed by atoms with Gasteiger partial charge in [0, 0.05) is 26.7 Å². The number of methoxy groups -OCH3 is 1. The zero-order chi connectivity index (χ0) is 16.7. The fourth-order valence-electron chi connectivity index (χ4n) is 2.67. The average Bonchev–Trinajstić information content (AvgIpc) is 2.56. The van der Waals surface area contributed by atoms with Gasteiger partial charge in [-0.2, -0.15) is 0 Å². The lowest BCUT2D eigenvalue weighted by Crippen LogP contribution is -2.35. The van der Waals surface area contributed by atoms with Gasteiger partial charge in [-0.1, -0.05) is 19.1 Å². The third kappa shape index (κ3) is 5.84. The van der Waals surface area contributed by atoms with Crippen LogP contribution in [-0.2, 0) is 16.1 Å². The van der Waals surface area contributed by atoms with E-state index in [0.29, 0.717) is 19.3 Å². The fraction of sp³-hybridized carbons (Fsp3) is 0.611. The highest BCUT2D eigenvalue weighted by atomic mass is 16.5. The molecule has 0 spiro atoms. The number of rotatable bonds is 7. The molecule has 5 nitrogen and oxygen atoms in total. The molecule has 1 amide bonds. The Morgan fingerprint density at radius 3 is 2.57 bits per heavy atom. The van der Waals surface area contributed by atoms with Crippen molar-refractivity contribution >= 4 is 5.91 Å². The molecule has 1 aromatic rings. The summed E-state index contributed by atoms with van der Waals surface area (Å²) in [6, 6.07) is 7.98. The molecule has 1 N–H and O–H groups in total. The summed E-state index contributed by atoms with van der Waals surface area (Å²) in [5.41, 5.74) is 1.07. The normalized spacial score (nSPS) is 17.7. The van der Waals surface area contributed by atoms with Crippen LogP contribution < -0.4 is 10.1 Å². The minimum Gasteiger partial charge on any atom is -0.490 e. The quantitative estimate of drug-likeness (QED) is 0.835. The van der Waals surface area contributed by atoms with Crippen molar-refractivity contribution in [2.24, 2.45) is 5.92 Å². The van der Waals surface area contributed by atoms with E-state index in [2.05, 4.69) is 17.3 Å². The van der Waals surface area contributed by atoms with Crippen LogP contribution in [-0.4, -0.2) is 50.8 Å². The van der Waals surface area contributed by atoms with Gasteiger partial charge in [0.15, 0.2) is 0 Å². The number of hydrogen-bond donors (Lipinski definition) is 1. The largest absolute Gasteiger partial charge is 0.490 e. The van der Waals surface area contributed by atoms with Gasteiger partial charge in [-0.05, 0) is 37.6 Å². The Morgan fingerprint density at radius 1 is 1.30 bits per heavy atom. The van der Waals surface area contributed by atoms with E-state index in [1.165, 1.54) is 0 Å². The number of benzene rings is 1. The van der Waals surface area contributed by atoms with Gasteiger partial charge in [0.1, 0.15) is 11.9 Å². The Hall–Kier alpha value is -1.59. The summed E-state index contributed by atoms with van der Waals surface area (Å²) in [4.78, 5) is 14.2. The number of piperidine rings is 1. The van der Waals surface area contributed by atoms with Gasteiger partial charge in [0.05, 0.1) is 12.5 Å². The van der Waals surface area contributed by atoms with Gasteiger partial charge < -0.3 is 19.7 Å². The van der Waals surface area contributed by atoms with E-state index in [0.717, 1.165) is 37.2 Å². The van der Waals surface area contributed by atoms with Crippen LogP contribution in [0.3, 0.4) is 0 Å². The Kier molecular flexibility index (Phi) is 6.86. The van der Waals surface area contributed by atoms with E-state index in [-0.39, 0.29) is 11.8 Å². The smallest absolute Gasteiger partial charge is 0.225 e. The van der Waals surface area contributed by atoms with E-state index in [9.17, 15) is 4.79 Å². The molecule has 1 aromatic carbocycles. The molecule has 1 fully saturated rings. The number of nitrogens with zero attached hydrogens (tertiary/aromatic N) is 1. The van der Waals surface area contributed by atoms with Crippen molar-refractivity contribution in [1.82, 2.24) is 10.2 Å². The summed E-state index contributed by atoms with van der Waals surface area (Å²) in [6.45, 7) is 5.01. The SMILES string of the molecule is COCC(C)C(=O)NCc1ccc(OC2CCN(C)CC2)cc1. The van der Waals surface area contributed by atoms with Crippen LogP contribution in [0.25, 0.3) is 0 Å². The molecule has 0 bridgehead atoms. The van der Waals surface area contributed by atoms with Crippen molar-refractivity contribution in [2.75, 3.05) is 33.9 Å². The highest BCUT2D eigenvalue weighted by Gasteiger charge is 2.18. The molecule has 23 heavy (non-hydrogen) atoms. The number of amides is 1. The van der Waals surface area contributed by atoms with Gasteiger partial charge in [-0.3, -0.25) is 4.79 Å². The van der Waals surface area contributed by atoms with Crippen molar-refractivity contribution in [3.8, 4) is 5.75 Å². The summed E-state index contributed by atoms with van der Waals surface area (Å²) in [5.74, 6) is 0.785. The molecule has 1 aliphatic heterocycles. The van der Waals surface area contributed by atoms with Gasteiger partial charge >= 0.3 is 0 Å². The van der Waals surface area contributed by atoms with Crippen molar-refractivity contribution in [3.63, 3.8) is 0 Å². The van der Waals surface area contributed by atoms with Crippen LogP contribution in [0.5, 0.6) is 5.75 Å². The maximum Gasteiger partial charge on any atom is 0.225 e. The Balaban J connectivity index is 1.77. The molecule has 1 heterocycles. The first-order valence-corrected chi connectivity index (χ1v) is 8.29. The first kappa shape index (κ1) is 17.8. The van der Waals surface area contributed by atoms with Gasteiger partial charge in [-0.25, -0.2) is 0 Å². The fourth-order valence-corrected chi connectivity index (χ4v) is 2.67. The van der Waals surface area contributed by atoms with E-state index in [1.54, 1.807) is 7.11 Å². The maximum absolute atomic E-state index is 11.8. The van der Waals surface area contributed by atoms with Crippen molar-refractivity contribution in [2.45, 2.75) is 32.4 Å². The molecular weight excluding hydrogens is 292 g/mol. The van der Waals surface area contributed by atoms with Crippen molar-refractivity contribution in [3.05, 3.63) is 29.8 Å². The van der Waals surface area contributed by atoms with E-state index in [1.807, 2.05) is 31.2 Å². The summed E-state index contributed by atoms with van der Waals surface area (Å²) in [6.07, 6.45) is 2.46. The van der Waals surface area contributed by atoms with Crippen molar-refractivity contribution in [1.29, 1.82) is 0 Å². The van der Waals surface area contributed by atoms with Crippen LogP contribution in [0.4, 0.5) is 0 Å². The molecule has 1 unspecified atom stereocenters. The van der Waals surface area contributed by atoms with E-state index >= 15 is 0 Å². The molecule has 0 aromatic heterocycles. The molecule has 1 saturated heterocycles. The molecule has 5 heteroatoms. The van der Waals surface area contributed by atoms with E-state index < -0.39 is 0 Å². The van der Waals surface area contributed by atoms with Crippen molar-refractivity contribution < 1.29 is 14.3 Å². The second-order valence-electron chi connectivity index (χ2n) is 6.34. The van der Waals surface area contributed by atoms with Crippen LogP contribution in [0, 0.1) is 5.92 Å². The Labute approximate surface area is 139 Å². The lowest BCUT2D eigenvalue weighted by Gasteiger charge is -2.29. The molecule has 1 atom stereocenters. The third-order valence-electron chi connectivity index (χ3n) is 4.22. The Morgan fingerprint density at radius 2 is 1.96 bits per heavy atom. The van der Waals surface area contributed by atoms with Gasteiger partial charge in [0.25, 0.3) is 0 Å². The summed E-state index contributed by atoms with van der Waals surface area (Å²) in [7, 11) is 3.75. The van der Waals surface area contributed by atoms with Gasteiger partial charge in [-0.15, -0.1) is 0 Å². The zero-order valence-electron chi connectivity index (χ0n) is 14.4. The highest BCUT2D eigenvalue weighted by molar-refractivity contribution is 5.78. The number of likely N-dealkylation sites (tertiary alicyclic amines) is 1. The summed E-state index contributed by atoms with van der Waals surface area (Å²) < 4.78 is 11.0. The molecular formula is C18H28N2O3. The molecule has 1 aliphatic rings. The van der Waals surface area contributed by atoms with Crippen LogP contribution >= 0.6 is 0 Å². The standard InChI is InChI=1S/C18H28N2O3/c1-14(13-22-3)18(21)19-12-15-4-6-16(7-5-15)23-17-8-10-20(2)11-9-17/h4-7,14,17H,8-13H2,1-3H3,(H,19,21). The topological polar surface area (TPSA) is 50.8 Å². The summed E-state index contributed by atoms with van der Waals surface area (Å²) in [5, 5.41) is 2.92. The van der Waals surface area contributed by atoms with Crippen LogP contribution in [0.1, 0.15) is 25.3 Å².